The zero-order valence-electron chi connectivity index (χ0n) is 17.7. The lowest BCUT2D eigenvalue weighted by Gasteiger charge is -2.16. The Bertz CT molecular complexity index is 523. The number of rotatable bonds is 13. The van der Waals surface area contributed by atoms with Crippen molar-refractivity contribution in [1.29, 1.82) is 0 Å². The van der Waals surface area contributed by atoms with Gasteiger partial charge in [0.2, 0.25) is 0 Å². The Morgan fingerprint density at radius 1 is 1.25 bits per heavy atom. The first-order chi connectivity index (χ1) is 13.3. The van der Waals surface area contributed by atoms with E-state index >= 15 is 0 Å². The van der Waals surface area contributed by atoms with E-state index in [4.69, 9.17) is 4.74 Å². The molecule has 1 aliphatic rings. The maximum atomic E-state index is 12.2. The van der Waals surface area contributed by atoms with Crippen molar-refractivity contribution in [3.63, 3.8) is 0 Å². The first-order valence-corrected chi connectivity index (χ1v) is 10.8. The Labute approximate surface area is 169 Å². The minimum absolute atomic E-state index is 0.0767. The average Bonchev–Trinajstić information content (AvgIpc) is 2.88. The molecule has 5 nitrogen and oxygen atoms in total. The van der Waals surface area contributed by atoms with Gasteiger partial charge in [0.1, 0.15) is 5.78 Å². The number of aliphatic hydroxyl groups excluding tert-OH is 2. The van der Waals surface area contributed by atoms with Gasteiger partial charge in [0, 0.05) is 24.7 Å². The molecule has 0 aromatic heterocycles. The zero-order valence-corrected chi connectivity index (χ0v) is 17.7. The second-order valence-electron chi connectivity index (χ2n) is 8.01. The van der Waals surface area contributed by atoms with Gasteiger partial charge in [0.25, 0.3) is 0 Å². The van der Waals surface area contributed by atoms with Gasteiger partial charge in [0.05, 0.1) is 18.3 Å². The van der Waals surface area contributed by atoms with E-state index in [1.165, 1.54) is 0 Å². The molecular formula is C23H38O5. The largest absolute Gasteiger partial charge is 0.463 e. The SMILES string of the molecule is CCCCCC(O)/C=C/[C@H]1[C@H](O)CC(=O)[C@@H]1C/C=C\CCCC(=O)OC(C)C. The Kier molecular flexibility index (Phi) is 12.0. The van der Waals surface area contributed by atoms with Crippen molar-refractivity contribution in [1.82, 2.24) is 0 Å². The Balaban J connectivity index is 2.42. The van der Waals surface area contributed by atoms with Gasteiger partial charge in [-0.05, 0) is 39.5 Å². The van der Waals surface area contributed by atoms with Crippen molar-refractivity contribution in [2.45, 2.75) is 96.9 Å². The quantitative estimate of drug-likeness (QED) is 0.279. The number of Topliss-reactive ketones (excluding diaryl/α,β-unsaturated/α-hetero) is 1. The van der Waals surface area contributed by atoms with Crippen molar-refractivity contribution in [2.75, 3.05) is 0 Å². The van der Waals surface area contributed by atoms with E-state index < -0.39 is 12.2 Å². The first-order valence-electron chi connectivity index (χ1n) is 10.8. The third kappa shape index (κ3) is 9.65. The predicted molar refractivity (Wildman–Crippen MR) is 111 cm³/mol. The molecule has 0 radical (unpaired) electrons. The van der Waals surface area contributed by atoms with Crippen molar-refractivity contribution >= 4 is 11.8 Å². The summed E-state index contributed by atoms with van der Waals surface area (Å²) in [4.78, 5) is 23.7. The summed E-state index contributed by atoms with van der Waals surface area (Å²) in [6, 6.07) is 0. The number of allylic oxidation sites excluding steroid dienone is 2. The number of hydrogen-bond donors (Lipinski definition) is 2. The molecule has 0 bridgehead atoms. The average molecular weight is 395 g/mol. The monoisotopic (exact) mass is 394 g/mol. The van der Waals surface area contributed by atoms with Gasteiger partial charge in [0.15, 0.2) is 0 Å². The minimum Gasteiger partial charge on any atom is -0.463 e. The highest BCUT2D eigenvalue weighted by Gasteiger charge is 2.39. The molecule has 1 saturated carbocycles. The smallest absolute Gasteiger partial charge is 0.306 e. The van der Waals surface area contributed by atoms with E-state index in [9.17, 15) is 19.8 Å². The molecule has 1 rings (SSSR count). The molecule has 0 aromatic carbocycles. The molecule has 0 aromatic rings. The second kappa shape index (κ2) is 13.7. The van der Waals surface area contributed by atoms with Crippen LogP contribution in [-0.2, 0) is 14.3 Å². The first kappa shape index (κ1) is 24.6. The molecule has 1 aliphatic carbocycles. The van der Waals surface area contributed by atoms with Crippen LogP contribution in [-0.4, -0.2) is 40.3 Å². The lowest BCUT2D eigenvalue weighted by atomic mass is 9.90. The van der Waals surface area contributed by atoms with Crippen LogP contribution in [0.2, 0.25) is 0 Å². The van der Waals surface area contributed by atoms with Crippen LogP contribution >= 0.6 is 0 Å². The normalized spacial score (nSPS) is 23.9. The van der Waals surface area contributed by atoms with Crippen LogP contribution in [0.25, 0.3) is 0 Å². The summed E-state index contributed by atoms with van der Waals surface area (Å²) in [6.07, 6.45) is 12.8. The summed E-state index contributed by atoms with van der Waals surface area (Å²) in [5.74, 6) is -0.580. The molecule has 0 aliphatic heterocycles. The zero-order chi connectivity index (χ0) is 20.9. The Hall–Kier alpha value is -1.46. The molecule has 1 fully saturated rings. The molecule has 0 amide bonds. The highest BCUT2D eigenvalue weighted by atomic mass is 16.5. The van der Waals surface area contributed by atoms with Crippen molar-refractivity contribution < 1.29 is 24.5 Å². The maximum absolute atomic E-state index is 12.2. The molecule has 1 unspecified atom stereocenters. The second-order valence-corrected chi connectivity index (χ2v) is 8.01. The summed E-state index contributed by atoms with van der Waals surface area (Å²) in [7, 11) is 0. The van der Waals surface area contributed by atoms with Crippen molar-refractivity contribution in [2.24, 2.45) is 11.8 Å². The third-order valence-corrected chi connectivity index (χ3v) is 5.07. The maximum Gasteiger partial charge on any atom is 0.306 e. The summed E-state index contributed by atoms with van der Waals surface area (Å²) in [6.45, 7) is 5.79. The van der Waals surface area contributed by atoms with Gasteiger partial charge in [-0.1, -0.05) is 50.5 Å². The van der Waals surface area contributed by atoms with Gasteiger partial charge < -0.3 is 14.9 Å². The van der Waals surface area contributed by atoms with E-state index in [0.29, 0.717) is 19.3 Å². The van der Waals surface area contributed by atoms with Crippen LogP contribution in [0.3, 0.4) is 0 Å². The Morgan fingerprint density at radius 2 is 2.00 bits per heavy atom. The summed E-state index contributed by atoms with van der Waals surface area (Å²) >= 11 is 0. The van der Waals surface area contributed by atoms with Gasteiger partial charge in [-0.2, -0.15) is 0 Å². The summed E-state index contributed by atoms with van der Waals surface area (Å²) in [5, 5.41) is 20.2. The summed E-state index contributed by atoms with van der Waals surface area (Å²) in [5.41, 5.74) is 0. The molecule has 2 N–H and O–H groups in total. The topological polar surface area (TPSA) is 83.8 Å². The number of ether oxygens (including phenoxy) is 1. The van der Waals surface area contributed by atoms with Crippen molar-refractivity contribution in [3.05, 3.63) is 24.3 Å². The van der Waals surface area contributed by atoms with Gasteiger partial charge in [-0.25, -0.2) is 0 Å². The highest BCUT2D eigenvalue weighted by molar-refractivity contribution is 5.84. The molecule has 4 atom stereocenters. The third-order valence-electron chi connectivity index (χ3n) is 5.07. The van der Waals surface area contributed by atoms with E-state index in [0.717, 1.165) is 32.1 Å². The molecular weight excluding hydrogens is 356 g/mol. The molecule has 0 heterocycles. The lowest BCUT2D eigenvalue weighted by molar-refractivity contribution is -0.147. The number of unbranched alkanes of at least 4 members (excludes halogenated alkanes) is 3. The van der Waals surface area contributed by atoms with Crippen LogP contribution in [0.1, 0.15) is 78.6 Å². The Morgan fingerprint density at radius 3 is 2.68 bits per heavy atom. The number of ketones is 1. The van der Waals surface area contributed by atoms with Crippen LogP contribution in [0.4, 0.5) is 0 Å². The van der Waals surface area contributed by atoms with E-state index in [1.54, 1.807) is 6.08 Å². The van der Waals surface area contributed by atoms with Gasteiger partial charge >= 0.3 is 5.97 Å². The van der Waals surface area contributed by atoms with Crippen LogP contribution in [0, 0.1) is 11.8 Å². The van der Waals surface area contributed by atoms with Crippen LogP contribution in [0.5, 0.6) is 0 Å². The lowest BCUT2D eigenvalue weighted by Crippen LogP contribution is -2.18. The molecule has 0 saturated heterocycles. The van der Waals surface area contributed by atoms with E-state index in [1.807, 2.05) is 32.1 Å². The molecule has 28 heavy (non-hydrogen) atoms. The van der Waals surface area contributed by atoms with Gasteiger partial charge in [-0.3, -0.25) is 9.59 Å². The van der Waals surface area contributed by atoms with Gasteiger partial charge in [-0.15, -0.1) is 0 Å². The number of hydrogen-bond acceptors (Lipinski definition) is 5. The standard InChI is InChI=1S/C23H38O5/c1-4-5-8-11-18(24)14-15-20-19(21(25)16-22(20)26)12-9-6-7-10-13-23(27)28-17(2)3/h6,9,14-15,17-20,22,24,26H,4-5,7-8,10-13,16H2,1-3H3/b9-6-,15-14+/t18?,19-,20-,22-/m1/s1. The molecule has 0 spiro atoms. The highest BCUT2D eigenvalue weighted by Crippen LogP contribution is 2.33. The number of aliphatic hydroxyl groups is 2. The number of carbonyl (C=O) groups excluding carboxylic acids is 2. The fraction of sp³-hybridized carbons (Fsp3) is 0.739. The van der Waals surface area contributed by atoms with Crippen LogP contribution < -0.4 is 0 Å². The van der Waals surface area contributed by atoms with Crippen LogP contribution in [0.15, 0.2) is 24.3 Å². The predicted octanol–water partition coefficient (Wildman–Crippen LogP) is 4.12. The molecule has 160 valence electrons. The van der Waals surface area contributed by atoms with E-state index in [-0.39, 0.29) is 36.1 Å². The fourth-order valence-corrected chi connectivity index (χ4v) is 3.53. The number of carbonyl (C=O) groups is 2. The minimum atomic E-state index is -0.671. The van der Waals surface area contributed by atoms with Crippen molar-refractivity contribution in [3.8, 4) is 0 Å². The fourth-order valence-electron chi connectivity index (χ4n) is 3.53. The van der Waals surface area contributed by atoms with E-state index in [2.05, 4.69) is 6.92 Å². The molecule has 5 heteroatoms. The summed E-state index contributed by atoms with van der Waals surface area (Å²) < 4.78 is 5.09. The number of esters is 1.